The molecule has 7 aromatic carbocycles. The molecule has 0 aliphatic heterocycles. The van der Waals surface area contributed by atoms with Gasteiger partial charge in [-0.1, -0.05) is 121 Å². The maximum absolute atomic E-state index is 6.58. The van der Waals surface area contributed by atoms with Crippen LogP contribution in [0.4, 0.5) is 0 Å². The van der Waals surface area contributed by atoms with Gasteiger partial charge < -0.3 is 8.83 Å². The van der Waals surface area contributed by atoms with Crippen molar-refractivity contribution in [1.29, 1.82) is 0 Å². The molecular weight excluding hydrogens is 617 g/mol. The average molecular weight is 643 g/mol. The summed E-state index contributed by atoms with van der Waals surface area (Å²) in [5.74, 6) is 2.33. The van der Waals surface area contributed by atoms with E-state index < -0.39 is 0 Å². The van der Waals surface area contributed by atoms with Gasteiger partial charge in [0.1, 0.15) is 16.7 Å². The SMILES string of the molecule is c1ccc(-c2cccc(-c3nc(-c4ccccc4)nc(-c4cc5oc6ccc7nc(-c8ccccc8)oc7c6c5c5ccccc45)n3)c2)cc1. The van der Waals surface area contributed by atoms with E-state index in [9.17, 15) is 0 Å². The van der Waals surface area contributed by atoms with Crippen LogP contribution in [0.2, 0.25) is 0 Å². The monoisotopic (exact) mass is 642 g/mol. The van der Waals surface area contributed by atoms with Gasteiger partial charge in [0.15, 0.2) is 23.1 Å². The Bertz CT molecular complexity index is 2860. The van der Waals surface area contributed by atoms with Crippen LogP contribution in [0.5, 0.6) is 0 Å². The van der Waals surface area contributed by atoms with E-state index in [0.29, 0.717) is 34.5 Å². The maximum atomic E-state index is 6.58. The molecular formula is C44H26N4O2. The summed E-state index contributed by atoms with van der Waals surface area (Å²) in [4.78, 5) is 20.1. The van der Waals surface area contributed by atoms with Gasteiger partial charge in [-0.25, -0.2) is 19.9 Å². The molecule has 0 bridgehead atoms. The van der Waals surface area contributed by atoms with E-state index in [4.69, 9.17) is 28.8 Å². The standard InChI is InChI=1S/C44H26N4O2/c1-4-13-27(14-5-1)30-19-12-20-31(25-30)42-46-41(28-15-6-2-7-16-28)47-43(48-42)34-26-37-38(33-22-11-10-21-32(33)34)39-36(49-37)24-23-35-40(39)50-44(45-35)29-17-8-3-9-18-29/h1-26H. The lowest BCUT2D eigenvalue weighted by atomic mass is 9.98. The number of hydrogen-bond donors (Lipinski definition) is 0. The van der Waals surface area contributed by atoms with Crippen LogP contribution < -0.4 is 0 Å². The van der Waals surface area contributed by atoms with Gasteiger partial charge in [-0.05, 0) is 58.3 Å². The first-order chi connectivity index (χ1) is 24.8. The van der Waals surface area contributed by atoms with Crippen molar-refractivity contribution in [3.8, 4) is 56.7 Å². The molecule has 0 fully saturated rings. The highest BCUT2D eigenvalue weighted by Gasteiger charge is 2.22. The summed E-state index contributed by atoms with van der Waals surface area (Å²) in [5.41, 5.74) is 8.73. The largest absolute Gasteiger partial charge is 0.456 e. The minimum absolute atomic E-state index is 0.564. The maximum Gasteiger partial charge on any atom is 0.227 e. The van der Waals surface area contributed by atoms with Gasteiger partial charge in [0, 0.05) is 27.6 Å². The molecule has 234 valence electrons. The Morgan fingerprint density at radius 3 is 1.72 bits per heavy atom. The Kier molecular flexibility index (Phi) is 6.39. The predicted octanol–water partition coefficient (Wildman–Crippen LogP) is 11.4. The van der Waals surface area contributed by atoms with Crippen LogP contribution in [-0.2, 0) is 0 Å². The Balaban J connectivity index is 1.21. The van der Waals surface area contributed by atoms with Crippen LogP contribution in [0.3, 0.4) is 0 Å². The molecule has 0 atom stereocenters. The van der Waals surface area contributed by atoms with Crippen molar-refractivity contribution in [2.45, 2.75) is 0 Å². The van der Waals surface area contributed by atoms with E-state index in [-0.39, 0.29) is 0 Å². The van der Waals surface area contributed by atoms with E-state index >= 15 is 0 Å². The van der Waals surface area contributed by atoms with Crippen molar-refractivity contribution >= 4 is 43.8 Å². The number of fused-ring (bicyclic) bond motifs is 7. The molecule has 0 amide bonds. The zero-order valence-corrected chi connectivity index (χ0v) is 26.6. The van der Waals surface area contributed by atoms with Crippen LogP contribution in [0.25, 0.3) is 101 Å². The van der Waals surface area contributed by atoms with Gasteiger partial charge in [-0.2, -0.15) is 0 Å². The lowest BCUT2D eigenvalue weighted by molar-refractivity contribution is 0.622. The quantitative estimate of drug-likeness (QED) is 0.186. The highest BCUT2D eigenvalue weighted by molar-refractivity contribution is 6.26. The first kappa shape index (κ1) is 28.1. The van der Waals surface area contributed by atoms with Gasteiger partial charge >= 0.3 is 0 Å². The fraction of sp³-hybridized carbons (Fsp3) is 0. The van der Waals surface area contributed by atoms with E-state index in [1.165, 1.54) is 0 Å². The number of rotatable bonds is 5. The highest BCUT2D eigenvalue weighted by Crippen LogP contribution is 2.43. The Morgan fingerprint density at radius 1 is 0.360 bits per heavy atom. The summed E-state index contributed by atoms with van der Waals surface area (Å²) in [6, 6.07) is 53.0. The molecule has 50 heavy (non-hydrogen) atoms. The molecule has 6 nitrogen and oxygen atoms in total. The first-order valence-electron chi connectivity index (χ1n) is 16.5. The highest BCUT2D eigenvalue weighted by atomic mass is 16.4. The number of benzene rings is 7. The number of oxazole rings is 1. The van der Waals surface area contributed by atoms with Crippen molar-refractivity contribution < 1.29 is 8.83 Å². The van der Waals surface area contributed by atoms with E-state index in [0.717, 1.165) is 66.0 Å². The van der Waals surface area contributed by atoms with Crippen LogP contribution in [0.1, 0.15) is 0 Å². The van der Waals surface area contributed by atoms with Crippen molar-refractivity contribution in [2.24, 2.45) is 0 Å². The van der Waals surface area contributed by atoms with Gasteiger partial charge in [0.2, 0.25) is 5.89 Å². The summed E-state index contributed by atoms with van der Waals surface area (Å²) in [6.45, 7) is 0. The number of aromatic nitrogens is 4. The van der Waals surface area contributed by atoms with Gasteiger partial charge in [0.05, 0.1) is 5.39 Å². The fourth-order valence-corrected chi connectivity index (χ4v) is 6.80. The second kappa shape index (κ2) is 11.4. The Morgan fingerprint density at radius 2 is 0.960 bits per heavy atom. The predicted molar refractivity (Wildman–Crippen MR) is 199 cm³/mol. The number of hydrogen-bond acceptors (Lipinski definition) is 6. The summed E-state index contributed by atoms with van der Waals surface area (Å²) in [7, 11) is 0. The lowest BCUT2D eigenvalue weighted by Crippen LogP contribution is -2.00. The van der Waals surface area contributed by atoms with Gasteiger partial charge in [-0.3, -0.25) is 0 Å². The van der Waals surface area contributed by atoms with Crippen molar-refractivity contribution in [3.63, 3.8) is 0 Å². The molecule has 0 saturated carbocycles. The zero-order chi connectivity index (χ0) is 33.0. The minimum Gasteiger partial charge on any atom is -0.456 e. The molecule has 10 aromatic rings. The lowest BCUT2D eigenvalue weighted by Gasteiger charge is -2.11. The molecule has 0 unspecified atom stereocenters. The van der Waals surface area contributed by atoms with Crippen molar-refractivity contribution in [1.82, 2.24) is 19.9 Å². The first-order valence-corrected chi connectivity index (χ1v) is 16.5. The average Bonchev–Trinajstić information content (AvgIpc) is 3.81. The smallest absolute Gasteiger partial charge is 0.227 e. The van der Waals surface area contributed by atoms with Gasteiger partial charge in [-0.15, -0.1) is 0 Å². The molecule has 3 heterocycles. The third-order valence-electron chi connectivity index (χ3n) is 9.15. The third kappa shape index (κ3) is 4.65. The normalized spacial score (nSPS) is 11.6. The van der Waals surface area contributed by atoms with E-state index in [2.05, 4.69) is 36.4 Å². The second-order valence-corrected chi connectivity index (χ2v) is 12.2. The van der Waals surface area contributed by atoms with E-state index in [1.54, 1.807) is 0 Å². The van der Waals surface area contributed by atoms with Gasteiger partial charge in [0.25, 0.3) is 0 Å². The molecule has 3 aromatic heterocycles. The summed E-state index contributed by atoms with van der Waals surface area (Å²) in [6.07, 6.45) is 0. The molecule has 0 aliphatic carbocycles. The van der Waals surface area contributed by atoms with E-state index in [1.807, 2.05) is 121 Å². The molecule has 6 heteroatoms. The van der Waals surface area contributed by atoms with Crippen molar-refractivity contribution in [2.75, 3.05) is 0 Å². The number of furan rings is 1. The Hall–Kier alpha value is -6.92. The molecule has 10 rings (SSSR count). The van der Waals surface area contributed by atoms with Crippen LogP contribution in [-0.4, -0.2) is 19.9 Å². The zero-order valence-electron chi connectivity index (χ0n) is 26.6. The molecule has 0 radical (unpaired) electrons. The molecule has 0 aliphatic rings. The second-order valence-electron chi connectivity index (χ2n) is 12.2. The fourth-order valence-electron chi connectivity index (χ4n) is 6.80. The molecule has 0 saturated heterocycles. The molecule has 0 N–H and O–H groups in total. The number of nitrogens with zero attached hydrogens (tertiary/aromatic N) is 4. The molecule has 0 spiro atoms. The van der Waals surface area contributed by atoms with Crippen LogP contribution >= 0.6 is 0 Å². The minimum atomic E-state index is 0.564. The Labute approximate surface area is 286 Å². The summed E-state index contributed by atoms with van der Waals surface area (Å²) in [5, 5.41) is 3.87. The van der Waals surface area contributed by atoms with Crippen LogP contribution in [0.15, 0.2) is 167 Å². The topological polar surface area (TPSA) is 77.8 Å². The van der Waals surface area contributed by atoms with Crippen molar-refractivity contribution in [3.05, 3.63) is 158 Å². The summed E-state index contributed by atoms with van der Waals surface area (Å²) >= 11 is 0. The third-order valence-corrected chi connectivity index (χ3v) is 9.15. The van der Waals surface area contributed by atoms with Crippen LogP contribution in [0, 0.1) is 0 Å². The summed E-state index contributed by atoms with van der Waals surface area (Å²) < 4.78 is 13.0.